The van der Waals surface area contributed by atoms with Crippen molar-refractivity contribution in [3.05, 3.63) is 75.7 Å². The van der Waals surface area contributed by atoms with Crippen molar-refractivity contribution in [1.29, 1.82) is 0 Å². The number of amides is 1. The smallest absolute Gasteiger partial charge is 0.412 e. The molecule has 1 heterocycles. The second-order valence-corrected chi connectivity index (χ2v) is 9.37. The number of nitro groups is 1. The molecule has 4 rings (SSSR count). The van der Waals surface area contributed by atoms with Gasteiger partial charge in [0.05, 0.1) is 22.3 Å². The molecule has 0 saturated heterocycles. The standard InChI is InChI=1S/C25H25FN6O5/c1-25(2,3)37-24(34)30-18-9-8-14(26)12-19(18)29-23-27-13-20(32(35)36)22(31-23)28-17-10-11-21(33)16-7-5-4-6-15(16)17/h4-9,12-13,17H,10-11H2,1-3H3,(H,30,34)(H2,27,28,29,31)/t17-/m1/s1. The van der Waals surface area contributed by atoms with Gasteiger partial charge in [-0.1, -0.05) is 24.3 Å². The Kier molecular flexibility index (Phi) is 7.00. The van der Waals surface area contributed by atoms with Gasteiger partial charge < -0.3 is 15.4 Å². The van der Waals surface area contributed by atoms with Crippen molar-refractivity contribution in [2.75, 3.05) is 16.0 Å². The van der Waals surface area contributed by atoms with Gasteiger partial charge in [-0.25, -0.2) is 14.2 Å². The van der Waals surface area contributed by atoms with Gasteiger partial charge in [-0.2, -0.15) is 4.98 Å². The van der Waals surface area contributed by atoms with Crippen LogP contribution in [0.4, 0.5) is 38.0 Å². The number of fused-ring (bicyclic) bond motifs is 1. The van der Waals surface area contributed by atoms with Crippen LogP contribution in [0, 0.1) is 15.9 Å². The zero-order chi connectivity index (χ0) is 26.7. The first-order valence-corrected chi connectivity index (χ1v) is 11.5. The molecule has 0 bridgehead atoms. The molecule has 1 atom stereocenters. The number of ether oxygens (including phenoxy) is 1. The van der Waals surface area contributed by atoms with E-state index < -0.39 is 28.5 Å². The minimum atomic E-state index is -0.750. The van der Waals surface area contributed by atoms with Crippen LogP contribution in [-0.2, 0) is 4.74 Å². The van der Waals surface area contributed by atoms with E-state index in [0.29, 0.717) is 12.0 Å². The highest BCUT2D eigenvalue weighted by Crippen LogP contribution is 2.35. The van der Waals surface area contributed by atoms with E-state index in [1.165, 1.54) is 6.07 Å². The molecule has 0 fully saturated rings. The highest BCUT2D eigenvalue weighted by Gasteiger charge is 2.28. The van der Waals surface area contributed by atoms with E-state index >= 15 is 0 Å². The van der Waals surface area contributed by atoms with Crippen molar-refractivity contribution in [3.63, 3.8) is 0 Å². The summed E-state index contributed by atoms with van der Waals surface area (Å²) in [4.78, 5) is 43.8. The monoisotopic (exact) mass is 508 g/mol. The summed E-state index contributed by atoms with van der Waals surface area (Å²) in [6, 6.07) is 10.3. The Bertz CT molecular complexity index is 1370. The van der Waals surface area contributed by atoms with Crippen LogP contribution >= 0.6 is 0 Å². The van der Waals surface area contributed by atoms with E-state index in [1.54, 1.807) is 45.0 Å². The number of halogens is 1. The van der Waals surface area contributed by atoms with Crippen molar-refractivity contribution < 1.29 is 23.6 Å². The zero-order valence-electron chi connectivity index (χ0n) is 20.4. The molecule has 12 heteroatoms. The predicted molar refractivity (Wildman–Crippen MR) is 135 cm³/mol. The number of aromatic nitrogens is 2. The van der Waals surface area contributed by atoms with E-state index in [2.05, 4.69) is 25.9 Å². The van der Waals surface area contributed by atoms with Crippen LogP contribution < -0.4 is 16.0 Å². The van der Waals surface area contributed by atoms with Gasteiger partial charge in [0.15, 0.2) is 5.78 Å². The van der Waals surface area contributed by atoms with Gasteiger partial charge in [0, 0.05) is 12.0 Å². The number of rotatable bonds is 6. The molecule has 192 valence electrons. The maximum Gasteiger partial charge on any atom is 0.412 e. The molecule has 0 aliphatic heterocycles. The molecule has 0 spiro atoms. The highest BCUT2D eigenvalue weighted by molar-refractivity contribution is 5.99. The average Bonchev–Trinajstić information content (AvgIpc) is 2.81. The number of Topliss-reactive ketones (excluding diaryl/α,β-unsaturated/α-hetero) is 1. The lowest BCUT2D eigenvalue weighted by molar-refractivity contribution is -0.384. The SMILES string of the molecule is CC(C)(C)OC(=O)Nc1ccc(F)cc1Nc1ncc([N+](=O)[O-])c(N[C@@H]2CCC(=O)c3ccccc32)n1. The lowest BCUT2D eigenvalue weighted by atomic mass is 9.87. The summed E-state index contributed by atoms with van der Waals surface area (Å²) < 4.78 is 19.3. The molecule has 2 aromatic carbocycles. The van der Waals surface area contributed by atoms with Gasteiger partial charge in [0.1, 0.15) is 17.6 Å². The van der Waals surface area contributed by atoms with Crippen LogP contribution in [0.1, 0.15) is 55.6 Å². The van der Waals surface area contributed by atoms with E-state index in [0.717, 1.165) is 23.9 Å². The first-order chi connectivity index (χ1) is 17.5. The Morgan fingerprint density at radius 3 is 2.68 bits per heavy atom. The number of nitrogens with zero attached hydrogens (tertiary/aromatic N) is 3. The molecular formula is C25H25FN6O5. The minimum Gasteiger partial charge on any atom is -0.444 e. The number of benzene rings is 2. The number of anilines is 4. The van der Waals surface area contributed by atoms with E-state index in [1.807, 2.05) is 0 Å². The summed E-state index contributed by atoms with van der Waals surface area (Å²) in [5.74, 6) is -0.744. The summed E-state index contributed by atoms with van der Waals surface area (Å²) in [6.07, 6.45) is 0.979. The third-order valence-corrected chi connectivity index (χ3v) is 5.44. The van der Waals surface area contributed by atoms with E-state index in [-0.39, 0.29) is 41.0 Å². The third kappa shape index (κ3) is 6.15. The van der Waals surface area contributed by atoms with Crippen molar-refractivity contribution in [3.8, 4) is 0 Å². The Labute approximate surface area is 211 Å². The number of hydrogen-bond acceptors (Lipinski definition) is 9. The fourth-order valence-electron chi connectivity index (χ4n) is 3.87. The number of carbonyl (C=O) groups is 2. The number of nitrogens with one attached hydrogen (secondary N) is 3. The van der Waals surface area contributed by atoms with Crippen LogP contribution in [0.3, 0.4) is 0 Å². The fraction of sp³-hybridized carbons (Fsp3) is 0.280. The second kappa shape index (κ2) is 10.2. The van der Waals surface area contributed by atoms with Crippen LogP contribution in [0.2, 0.25) is 0 Å². The number of hydrogen-bond donors (Lipinski definition) is 3. The van der Waals surface area contributed by atoms with Crippen molar-refractivity contribution in [2.45, 2.75) is 45.3 Å². The molecule has 3 N–H and O–H groups in total. The third-order valence-electron chi connectivity index (χ3n) is 5.44. The summed E-state index contributed by atoms with van der Waals surface area (Å²) in [5.41, 5.74) is 0.453. The molecule has 11 nitrogen and oxygen atoms in total. The Hall–Kier alpha value is -4.61. The number of ketones is 1. The quantitative estimate of drug-likeness (QED) is 0.280. The first-order valence-electron chi connectivity index (χ1n) is 11.5. The Morgan fingerprint density at radius 2 is 1.95 bits per heavy atom. The van der Waals surface area contributed by atoms with Crippen molar-refractivity contribution in [2.24, 2.45) is 0 Å². The normalized spacial score (nSPS) is 14.9. The molecule has 0 unspecified atom stereocenters. The maximum absolute atomic E-state index is 14.0. The molecule has 37 heavy (non-hydrogen) atoms. The molecule has 1 aromatic heterocycles. The molecule has 1 aliphatic carbocycles. The van der Waals surface area contributed by atoms with E-state index in [9.17, 15) is 24.1 Å². The van der Waals surface area contributed by atoms with E-state index in [4.69, 9.17) is 4.74 Å². The molecular weight excluding hydrogens is 483 g/mol. The maximum atomic E-state index is 14.0. The van der Waals surface area contributed by atoms with Gasteiger partial charge in [-0.3, -0.25) is 20.2 Å². The number of carbonyl (C=O) groups excluding carboxylic acids is 2. The lowest BCUT2D eigenvalue weighted by Gasteiger charge is -2.25. The summed E-state index contributed by atoms with van der Waals surface area (Å²) >= 11 is 0. The van der Waals surface area contributed by atoms with Gasteiger partial charge in [-0.05, 0) is 51.0 Å². The molecule has 1 aliphatic rings. The predicted octanol–water partition coefficient (Wildman–Crippen LogP) is 5.74. The molecule has 3 aromatic rings. The highest BCUT2D eigenvalue weighted by atomic mass is 19.1. The van der Waals surface area contributed by atoms with Gasteiger partial charge in [-0.15, -0.1) is 0 Å². The van der Waals surface area contributed by atoms with Crippen molar-refractivity contribution >= 4 is 40.7 Å². The second-order valence-electron chi connectivity index (χ2n) is 9.37. The van der Waals surface area contributed by atoms with Crippen LogP contribution in [0.5, 0.6) is 0 Å². The molecule has 0 radical (unpaired) electrons. The van der Waals surface area contributed by atoms with Gasteiger partial charge in [0.25, 0.3) is 0 Å². The Balaban J connectivity index is 1.63. The van der Waals surface area contributed by atoms with Crippen molar-refractivity contribution in [1.82, 2.24) is 9.97 Å². The largest absolute Gasteiger partial charge is 0.444 e. The van der Waals surface area contributed by atoms with Gasteiger partial charge >= 0.3 is 11.8 Å². The average molecular weight is 509 g/mol. The van der Waals surface area contributed by atoms with Crippen LogP contribution in [-0.4, -0.2) is 32.4 Å². The van der Waals surface area contributed by atoms with Crippen LogP contribution in [0.15, 0.2) is 48.7 Å². The minimum absolute atomic E-state index is 0.00399. The summed E-state index contributed by atoms with van der Waals surface area (Å²) in [7, 11) is 0. The molecule has 1 amide bonds. The summed E-state index contributed by atoms with van der Waals surface area (Å²) in [6.45, 7) is 5.11. The first kappa shape index (κ1) is 25.5. The van der Waals surface area contributed by atoms with Gasteiger partial charge in [0.2, 0.25) is 11.8 Å². The zero-order valence-corrected chi connectivity index (χ0v) is 20.4. The topological polar surface area (TPSA) is 148 Å². The molecule has 0 saturated carbocycles. The lowest BCUT2D eigenvalue weighted by Crippen LogP contribution is -2.27. The van der Waals surface area contributed by atoms with Crippen LogP contribution in [0.25, 0.3) is 0 Å². The Morgan fingerprint density at radius 1 is 1.19 bits per heavy atom. The summed E-state index contributed by atoms with van der Waals surface area (Å²) in [5, 5.41) is 20.1. The fourth-order valence-corrected chi connectivity index (χ4v) is 3.87.